The molecule has 0 aliphatic carbocycles. The molecule has 0 radical (unpaired) electrons. The fourth-order valence-corrected chi connectivity index (χ4v) is 1.52. The van der Waals surface area contributed by atoms with E-state index in [1.165, 1.54) is 21.1 Å². The monoisotopic (exact) mass is 287 g/mol. The molecule has 114 valence electrons. The fraction of sp³-hybridized carbons (Fsp3) is 0.692. The number of carbonyl (C=O) groups is 4. The van der Waals surface area contributed by atoms with Gasteiger partial charge in [0, 0.05) is 19.3 Å². The second-order valence-corrected chi connectivity index (χ2v) is 4.31. The molecule has 0 spiro atoms. The van der Waals surface area contributed by atoms with Gasteiger partial charge in [-0.25, -0.2) is 4.79 Å². The standard InChI is InChI=1S/C13H21NO6/c1-9(15)5-4-6-11(16)14-10(13(18)20-3)7-8-12(17)19-2/h10H,4-8H2,1-3H3,(H,14,16)/t10-/m0/s1. The summed E-state index contributed by atoms with van der Waals surface area (Å²) in [7, 11) is 2.45. The Morgan fingerprint density at radius 3 is 2.15 bits per heavy atom. The Bertz CT molecular complexity index is 366. The fourth-order valence-electron chi connectivity index (χ4n) is 1.52. The molecule has 0 rings (SSSR count). The van der Waals surface area contributed by atoms with E-state index >= 15 is 0 Å². The van der Waals surface area contributed by atoms with Crippen LogP contribution in [-0.2, 0) is 28.7 Å². The molecule has 0 heterocycles. The molecule has 0 aliphatic rings. The summed E-state index contributed by atoms with van der Waals surface area (Å²) in [6, 6.07) is -0.885. The van der Waals surface area contributed by atoms with Crippen LogP contribution in [0.3, 0.4) is 0 Å². The molecule has 1 atom stereocenters. The zero-order valence-electron chi connectivity index (χ0n) is 12.1. The van der Waals surface area contributed by atoms with E-state index in [1.807, 2.05) is 0 Å². The lowest BCUT2D eigenvalue weighted by Crippen LogP contribution is -2.41. The number of amides is 1. The number of methoxy groups -OCH3 is 2. The smallest absolute Gasteiger partial charge is 0.328 e. The Kier molecular flexibility index (Phi) is 8.98. The molecule has 0 aromatic rings. The summed E-state index contributed by atoms with van der Waals surface area (Å²) in [5, 5.41) is 2.49. The molecule has 0 aromatic heterocycles. The average molecular weight is 287 g/mol. The third-order valence-electron chi connectivity index (χ3n) is 2.62. The van der Waals surface area contributed by atoms with Crippen molar-refractivity contribution in [3.8, 4) is 0 Å². The molecule has 0 aliphatic heterocycles. The van der Waals surface area contributed by atoms with E-state index in [1.54, 1.807) is 0 Å². The van der Waals surface area contributed by atoms with Gasteiger partial charge in [-0.2, -0.15) is 0 Å². The number of Topliss-reactive ketones (excluding diaryl/α,β-unsaturated/α-hetero) is 1. The Balaban J connectivity index is 4.27. The maximum atomic E-state index is 11.6. The molecular formula is C13H21NO6. The molecule has 0 aromatic carbocycles. The van der Waals surface area contributed by atoms with Crippen LogP contribution in [0.15, 0.2) is 0 Å². The first kappa shape index (κ1) is 18.1. The minimum Gasteiger partial charge on any atom is -0.469 e. The highest BCUT2D eigenvalue weighted by Crippen LogP contribution is 2.03. The van der Waals surface area contributed by atoms with Gasteiger partial charge in [-0.3, -0.25) is 9.59 Å². The maximum absolute atomic E-state index is 11.6. The molecule has 1 amide bonds. The first-order valence-corrected chi connectivity index (χ1v) is 6.34. The molecule has 7 heteroatoms. The highest BCUT2D eigenvalue weighted by Gasteiger charge is 2.22. The topological polar surface area (TPSA) is 98.8 Å². The molecule has 0 bridgehead atoms. The van der Waals surface area contributed by atoms with Crippen molar-refractivity contribution in [1.82, 2.24) is 5.32 Å². The van der Waals surface area contributed by atoms with Crippen molar-refractivity contribution in [3.05, 3.63) is 0 Å². The minimum atomic E-state index is -0.885. The van der Waals surface area contributed by atoms with E-state index in [0.29, 0.717) is 12.8 Å². The highest BCUT2D eigenvalue weighted by atomic mass is 16.5. The number of carbonyl (C=O) groups excluding carboxylic acids is 4. The van der Waals surface area contributed by atoms with Crippen molar-refractivity contribution in [2.24, 2.45) is 0 Å². The Labute approximate surface area is 118 Å². The molecule has 20 heavy (non-hydrogen) atoms. The molecular weight excluding hydrogens is 266 g/mol. The molecule has 1 N–H and O–H groups in total. The van der Waals surface area contributed by atoms with Crippen LogP contribution in [0.5, 0.6) is 0 Å². The summed E-state index contributed by atoms with van der Waals surface area (Å²) in [6.07, 6.45) is 0.998. The maximum Gasteiger partial charge on any atom is 0.328 e. The third kappa shape index (κ3) is 8.23. The lowest BCUT2D eigenvalue weighted by atomic mass is 10.1. The minimum absolute atomic E-state index is 0.00396. The first-order chi connectivity index (χ1) is 9.40. The third-order valence-corrected chi connectivity index (χ3v) is 2.62. The Morgan fingerprint density at radius 1 is 1.00 bits per heavy atom. The van der Waals surface area contributed by atoms with Gasteiger partial charge in [0.2, 0.25) is 5.91 Å². The van der Waals surface area contributed by atoms with E-state index in [9.17, 15) is 19.2 Å². The van der Waals surface area contributed by atoms with Crippen LogP contribution in [0.25, 0.3) is 0 Å². The molecule has 0 saturated carbocycles. The van der Waals surface area contributed by atoms with Crippen LogP contribution in [0.2, 0.25) is 0 Å². The number of hydrogen-bond acceptors (Lipinski definition) is 6. The highest BCUT2D eigenvalue weighted by molar-refractivity contribution is 5.85. The molecule has 0 saturated heterocycles. The van der Waals surface area contributed by atoms with Gasteiger partial charge >= 0.3 is 11.9 Å². The van der Waals surface area contributed by atoms with Gasteiger partial charge in [0.25, 0.3) is 0 Å². The average Bonchev–Trinajstić information content (AvgIpc) is 2.41. The van der Waals surface area contributed by atoms with Gasteiger partial charge in [-0.1, -0.05) is 0 Å². The quantitative estimate of drug-likeness (QED) is 0.615. The zero-order valence-corrected chi connectivity index (χ0v) is 12.1. The van der Waals surface area contributed by atoms with Crippen molar-refractivity contribution in [1.29, 1.82) is 0 Å². The second-order valence-electron chi connectivity index (χ2n) is 4.31. The predicted molar refractivity (Wildman–Crippen MR) is 69.7 cm³/mol. The van der Waals surface area contributed by atoms with E-state index in [0.717, 1.165) is 0 Å². The van der Waals surface area contributed by atoms with Crippen molar-refractivity contribution < 1.29 is 28.7 Å². The van der Waals surface area contributed by atoms with Gasteiger partial charge in [-0.05, 0) is 19.8 Å². The summed E-state index contributed by atoms with van der Waals surface area (Å²) in [5.41, 5.74) is 0. The number of nitrogens with one attached hydrogen (secondary N) is 1. The van der Waals surface area contributed by atoms with E-state index in [2.05, 4.69) is 14.8 Å². The summed E-state index contributed by atoms with van der Waals surface area (Å²) in [4.78, 5) is 44.9. The predicted octanol–water partition coefficient (Wildman–Crippen LogP) is 0.357. The summed E-state index contributed by atoms with van der Waals surface area (Å²) in [5.74, 6) is -1.43. The second kappa shape index (κ2) is 9.94. The normalized spacial score (nSPS) is 11.3. The number of ether oxygens (including phenoxy) is 2. The van der Waals surface area contributed by atoms with Crippen molar-refractivity contribution in [3.63, 3.8) is 0 Å². The lowest BCUT2D eigenvalue weighted by molar-refractivity contribution is -0.146. The van der Waals surface area contributed by atoms with Gasteiger partial charge < -0.3 is 19.6 Å². The summed E-state index contributed by atoms with van der Waals surface area (Å²) in [6.45, 7) is 1.45. The number of esters is 2. The number of ketones is 1. The number of hydrogen-bond donors (Lipinski definition) is 1. The lowest BCUT2D eigenvalue weighted by Gasteiger charge is -2.15. The van der Waals surface area contributed by atoms with Crippen LogP contribution in [0.1, 0.15) is 39.0 Å². The van der Waals surface area contributed by atoms with Crippen LogP contribution in [0.4, 0.5) is 0 Å². The molecule has 0 fully saturated rings. The Hall–Kier alpha value is -1.92. The van der Waals surface area contributed by atoms with Crippen molar-refractivity contribution >= 4 is 23.6 Å². The van der Waals surface area contributed by atoms with Gasteiger partial charge in [0.1, 0.15) is 11.8 Å². The van der Waals surface area contributed by atoms with Crippen molar-refractivity contribution in [2.45, 2.75) is 45.1 Å². The van der Waals surface area contributed by atoms with Crippen LogP contribution >= 0.6 is 0 Å². The first-order valence-electron chi connectivity index (χ1n) is 6.34. The molecule has 7 nitrogen and oxygen atoms in total. The molecule has 0 unspecified atom stereocenters. The van der Waals surface area contributed by atoms with Crippen LogP contribution in [-0.4, -0.2) is 43.9 Å². The Morgan fingerprint density at radius 2 is 1.65 bits per heavy atom. The zero-order chi connectivity index (χ0) is 15.5. The van der Waals surface area contributed by atoms with Gasteiger partial charge in [0.15, 0.2) is 0 Å². The van der Waals surface area contributed by atoms with Gasteiger partial charge in [0.05, 0.1) is 14.2 Å². The van der Waals surface area contributed by atoms with E-state index < -0.39 is 18.0 Å². The van der Waals surface area contributed by atoms with Crippen LogP contribution < -0.4 is 5.32 Å². The SMILES string of the molecule is COC(=O)CC[C@H](NC(=O)CCCC(C)=O)C(=O)OC. The van der Waals surface area contributed by atoms with Crippen molar-refractivity contribution in [2.75, 3.05) is 14.2 Å². The van der Waals surface area contributed by atoms with Crippen LogP contribution in [0, 0.1) is 0 Å². The van der Waals surface area contributed by atoms with E-state index in [4.69, 9.17) is 0 Å². The number of rotatable bonds is 9. The van der Waals surface area contributed by atoms with Gasteiger partial charge in [-0.15, -0.1) is 0 Å². The summed E-state index contributed by atoms with van der Waals surface area (Å²) >= 11 is 0. The van der Waals surface area contributed by atoms with E-state index in [-0.39, 0.29) is 31.0 Å². The summed E-state index contributed by atoms with van der Waals surface area (Å²) < 4.78 is 9.03. The largest absolute Gasteiger partial charge is 0.469 e.